The first-order chi connectivity index (χ1) is 38.0. The maximum absolute atomic E-state index is 12.5. The summed E-state index contributed by atoms with van der Waals surface area (Å²) in [5.41, 5.74) is 0. The van der Waals surface area contributed by atoms with Gasteiger partial charge in [0.2, 0.25) is 5.91 Å². The second-order valence-electron chi connectivity index (χ2n) is 24.2. The van der Waals surface area contributed by atoms with Crippen molar-refractivity contribution < 1.29 is 24.5 Å². The second kappa shape index (κ2) is 66.8. The standard InChI is InChI=1S/C71H137NO5/c1-3-5-7-9-11-13-15-17-36-41-45-49-53-57-61-65-71(76)77-66-62-58-54-50-46-42-38-35-33-31-29-27-25-23-21-19-20-22-24-26-28-30-32-34-37-40-44-48-52-56-60-64-70(75)72-68(67-73)69(74)63-59-55-51-47-43-39-18-16-14-12-10-8-6-4-2/h17,21,23,36,68-69,73-74H,3-16,18-20,22,24-35,37-67H2,1-2H3,(H,72,75)/b23-21-,36-17-. The number of rotatable bonds is 66. The highest BCUT2D eigenvalue weighted by Gasteiger charge is 2.20. The Morgan fingerprint density at radius 2 is 0.610 bits per heavy atom. The van der Waals surface area contributed by atoms with E-state index in [0.29, 0.717) is 25.9 Å². The Morgan fingerprint density at radius 3 is 0.922 bits per heavy atom. The van der Waals surface area contributed by atoms with Gasteiger partial charge in [-0.05, 0) is 77.0 Å². The van der Waals surface area contributed by atoms with Gasteiger partial charge < -0.3 is 20.3 Å². The highest BCUT2D eigenvalue weighted by Crippen LogP contribution is 2.19. The highest BCUT2D eigenvalue weighted by atomic mass is 16.5. The van der Waals surface area contributed by atoms with Gasteiger partial charge in [0.15, 0.2) is 0 Å². The number of carbonyl (C=O) groups is 2. The Hall–Kier alpha value is -1.66. The number of hydrogen-bond donors (Lipinski definition) is 3. The summed E-state index contributed by atoms with van der Waals surface area (Å²) in [6.45, 7) is 4.97. The van der Waals surface area contributed by atoms with Gasteiger partial charge in [0.1, 0.15) is 0 Å². The van der Waals surface area contributed by atoms with Crippen molar-refractivity contribution in [1.82, 2.24) is 5.32 Å². The van der Waals surface area contributed by atoms with E-state index < -0.39 is 12.1 Å². The van der Waals surface area contributed by atoms with Crippen LogP contribution in [0.3, 0.4) is 0 Å². The van der Waals surface area contributed by atoms with E-state index in [1.165, 1.54) is 315 Å². The van der Waals surface area contributed by atoms with Gasteiger partial charge in [0.05, 0.1) is 25.4 Å². The maximum atomic E-state index is 12.5. The van der Waals surface area contributed by atoms with Crippen LogP contribution in [0.4, 0.5) is 0 Å². The van der Waals surface area contributed by atoms with Gasteiger partial charge in [-0.1, -0.05) is 327 Å². The molecule has 0 aromatic carbocycles. The number of aliphatic hydroxyl groups is 2. The van der Waals surface area contributed by atoms with Crippen LogP contribution in [0.1, 0.15) is 393 Å². The smallest absolute Gasteiger partial charge is 0.305 e. The van der Waals surface area contributed by atoms with E-state index in [0.717, 1.165) is 44.9 Å². The van der Waals surface area contributed by atoms with Crippen molar-refractivity contribution in [2.45, 2.75) is 405 Å². The number of carbonyl (C=O) groups excluding carboxylic acids is 2. The molecule has 0 aromatic heterocycles. The first kappa shape index (κ1) is 75.3. The summed E-state index contributed by atoms with van der Waals surface area (Å²) in [4.78, 5) is 24.6. The molecule has 456 valence electrons. The van der Waals surface area contributed by atoms with Crippen LogP contribution < -0.4 is 5.32 Å². The molecule has 0 rings (SSSR count). The monoisotopic (exact) mass is 1080 g/mol. The van der Waals surface area contributed by atoms with Gasteiger partial charge in [-0.25, -0.2) is 0 Å². The molecule has 6 heteroatoms. The van der Waals surface area contributed by atoms with E-state index in [1.807, 2.05) is 0 Å². The number of nitrogens with one attached hydrogen (secondary N) is 1. The Labute approximate surface area is 481 Å². The molecule has 0 aliphatic heterocycles. The Kier molecular flexibility index (Phi) is 65.4. The van der Waals surface area contributed by atoms with E-state index >= 15 is 0 Å². The fraction of sp³-hybridized carbons (Fsp3) is 0.915. The summed E-state index contributed by atoms with van der Waals surface area (Å²) in [5.74, 6) is -0.0202. The minimum Gasteiger partial charge on any atom is -0.466 e. The first-order valence-corrected chi connectivity index (χ1v) is 35.1. The lowest BCUT2D eigenvalue weighted by molar-refractivity contribution is -0.143. The van der Waals surface area contributed by atoms with Crippen molar-refractivity contribution in [3.05, 3.63) is 24.3 Å². The van der Waals surface area contributed by atoms with Crippen molar-refractivity contribution >= 4 is 11.9 Å². The normalized spacial score (nSPS) is 12.6. The Bertz CT molecular complexity index is 1200. The number of esters is 1. The predicted octanol–water partition coefficient (Wildman–Crippen LogP) is 22.5. The van der Waals surface area contributed by atoms with Crippen molar-refractivity contribution in [2.75, 3.05) is 13.2 Å². The quantitative estimate of drug-likeness (QED) is 0.0320. The average Bonchev–Trinajstić information content (AvgIpc) is 3.43. The molecule has 0 saturated carbocycles. The third-order valence-electron chi connectivity index (χ3n) is 16.5. The van der Waals surface area contributed by atoms with Gasteiger partial charge in [-0.15, -0.1) is 0 Å². The SMILES string of the molecule is CCCCCCCC/C=C\CCCCCCCC(=O)OCCCCCCCCCCCCCC/C=C\CCCCCCCCCCCCCCCCCC(=O)NC(CO)C(O)CCCCCCCCCCCCCCCC. The Morgan fingerprint density at radius 1 is 0.351 bits per heavy atom. The van der Waals surface area contributed by atoms with Crippen LogP contribution in [0.2, 0.25) is 0 Å². The molecule has 0 heterocycles. The molecular formula is C71H137NO5. The summed E-state index contributed by atoms with van der Waals surface area (Å²) in [6.07, 6.45) is 83.7. The topological polar surface area (TPSA) is 95.9 Å². The van der Waals surface area contributed by atoms with Gasteiger partial charge in [0.25, 0.3) is 0 Å². The molecule has 0 aliphatic rings. The molecule has 6 nitrogen and oxygen atoms in total. The molecule has 0 fully saturated rings. The molecule has 2 atom stereocenters. The van der Waals surface area contributed by atoms with Crippen LogP contribution in [-0.4, -0.2) is 47.4 Å². The number of amides is 1. The molecule has 0 aliphatic carbocycles. The molecule has 77 heavy (non-hydrogen) atoms. The van der Waals surface area contributed by atoms with Crippen LogP contribution in [0.5, 0.6) is 0 Å². The third kappa shape index (κ3) is 63.4. The van der Waals surface area contributed by atoms with Crippen molar-refractivity contribution in [2.24, 2.45) is 0 Å². The molecule has 2 unspecified atom stereocenters. The zero-order chi connectivity index (χ0) is 55.7. The largest absolute Gasteiger partial charge is 0.466 e. The van der Waals surface area contributed by atoms with E-state index in [4.69, 9.17) is 4.74 Å². The lowest BCUT2D eigenvalue weighted by atomic mass is 10.0. The maximum Gasteiger partial charge on any atom is 0.305 e. The number of ether oxygens (including phenoxy) is 1. The van der Waals surface area contributed by atoms with Crippen LogP contribution in [0, 0.1) is 0 Å². The van der Waals surface area contributed by atoms with E-state index in [-0.39, 0.29) is 18.5 Å². The molecule has 0 aromatic rings. The molecule has 1 amide bonds. The van der Waals surface area contributed by atoms with Crippen molar-refractivity contribution in [3.63, 3.8) is 0 Å². The average molecular weight is 1080 g/mol. The van der Waals surface area contributed by atoms with Gasteiger partial charge in [-0.2, -0.15) is 0 Å². The van der Waals surface area contributed by atoms with Gasteiger partial charge in [0, 0.05) is 12.8 Å². The van der Waals surface area contributed by atoms with Crippen LogP contribution in [-0.2, 0) is 14.3 Å². The summed E-state index contributed by atoms with van der Waals surface area (Å²) < 4.78 is 5.49. The molecule has 0 spiro atoms. The molecule has 0 bridgehead atoms. The lowest BCUT2D eigenvalue weighted by Crippen LogP contribution is -2.45. The summed E-state index contributed by atoms with van der Waals surface area (Å²) in [7, 11) is 0. The van der Waals surface area contributed by atoms with E-state index in [1.54, 1.807) is 0 Å². The summed E-state index contributed by atoms with van der Waals surface area (Å²) in [6, 6.07) is -0.539. The zero-order valence-corrected chi connectivity index (χ0v) is 52.2. The van der Waals surface area contributed by atoms with Crippen LogP contribution in [0.15, 0.2) is 24.3 Å². The zero-order valence-electron chi connectivity index (χ0n) is 52.2. The van der Waals surface area contributed by atoms with E-state index in [2.05, 4.69) is 43.5 Å². The van der Waals surface area contributed by atoms with Gasteiger partial charge in [-0.3, -0.25) is 9.59 Å². The summed E-state index contributed by atoms with van der Waals surface area (Å²) in [5, 5.41) is 23.3. The summed E-state index contributed by atoms with van der Waals surface area (Å²) >= 11 is 0. The highest BCUT2D eigenvalue weighted by molar-refractivity contribution is 5.76. The van der Waals surface area contributed by atoms with E-state index in [9.17, 15) is 19.8 Å². The predicted molar refractivity (Wildman–Crippen MR) is 338 cm³/mol. The molecule has 0 radical (unpaired) electrons. The molecule has 3 N–H and O–H groups in total. The number of allylic oxidation sites excluding steroid dienone is 4. The molecule has 0 saturated heterocycles. The minimum absolute atomic E-state index is 0.0103. The van der Waals surface area contributed by atoms with Crippen molar-refractivity contribution in [3.8, 4) is 0 Å². The fourth-order valence-electron chi connectivity index (χ4n) is 11.1. The lowest BCUT2D eigenvalue weighted by Gasteiger charge is -2.22. The number of unbranched alkanes of at least 4 members (excludes halogenated alkanes) is 51. The number of aliphatic hydroxyl groups excluding tert-OH is 2. The van der Waals surface area contributed by atoms with Crippen LogP contribution in [0.25, 0.3) is 0 Å². The van der Waals surface area contributed by atoms with Crippen LogP contribution >= 0.6 is 0 Å². The molecular weight excluding hydrogens is 947 g/mol. The number of hydrogen-bond acceptors (Lipinski definition) is 5. The van der Waals surface area contributed by atoms with Gasteiger partial charge >= 0.3 is 5.97 Å². The minimum atomic E-state index is -0.662. The fourth-order valence-corrected chi connectivity index (χ4v) is 11.1. The van der Waals surface area contributed by atoms with Crippen molar-refractivity contribution in [1.29, 1.82) is 0 Å². The second-order valence-corrected chi connectivity index (χ2v) is 24.2. The first-order valence-electron chi connectivity index (χ1n) is 35.1. The Balaban J connectivity index is 3.35. The third-order valence-corrected chi connectivity index (χ3v) is 16.5.